The molecular weight excluding hydrogens is 1550 g/mol. The summed E-state index contributed by atoms with van der Waals surface area (Å²) in [6, 6.07) is 36.0. The Bertz CT molecular complexity index is 5930. The van der Waals surface area contributed by atoms with Gasteiger partial charge in [0.1, 0.15) is 22.8 Å². The number of nitrogens with one attached hydrogen (secondary N) is 4. The first-order valence-electron chi connectivity index (χ1n) is 38.3. The second-order valence-corrected chi connectivity index (χ2v) is 29.6. The number of rotatable bonds is 21. The summed E-state index contributed by atoms with van der Waals surface area (Å²) in [6.45, 7) is 15.1. The maximum atomic E-state index is 12.3. The lowest BCUT2D eigenvalue weighted by atomic mass is 10.0. The van der Waals surface area contributed by atoms with Crippen molar-refractivity contribution in [3.05, 3.63) is 189 Å². The summed E-state index contributed by atoms with van der Waals surface area (Å²) >= 11 is 0. The topological polar surface area (TPSA) is 419 Å². The number of benzene rings is 4. The summed E-state index contributed by atoms with van der Waals surface area (Å²) in [4.78, 5) is 167. The van der Waals surface area contributed by atoms with E-state index in [9.17, 15) is 57.5 Å². The molecule has 35 nitrogen and oxygen atoms in total. The maximum Gasteiger partial charge on any atom is 0.306 e. The first kappa shape index (κ1) is 88.6. The average molecular weight is 1650 g/mol. The van der Waals surface area contributed by atoms with Gasteiger partial charge in [-0.3, -0.25) is 62.4 Å². The number of imide groups is 1. The predicted molar refractivity (Wildman–Crippen MR) is 453 cm³/mol. The summed E-state index contributed by atoms with van der Waals surface area (Å²) in [7, 11) is 16.3. The van der Waals surface area contributed by atoms with Gasteiger partial charge in [-0.25, -0.2) is 38.0 Å². The number of aryl methyl sites for hydroxylation is 8. The molecule has 1 saturated heterocycles. The number of anilines is 4. The second kappa shape index (κ2) is 38.1. The number of amides is 10. The van der Waals surface area contributed by atoms with Gasteiger partial charge >= 0.3 is 11.9 Å². The van der Waals surface area contributed by atoms with Crippen LogP contribution in [0, 0.1) is 55.4 Å². The van der Waals surface area contributed by atoms with Gasteiger partial charge in [0, 0.05) is 188 Å². The molecule has 0 unspecified atom stereocenters. The van der Waals surface area contributed by atoms with Gasteiger partial charge in [-0.1, -0.05) is 24.3 Å². The minimum absolute atomic E-state index is 0.0330. The third kappa shape index (κ3) is 21.3. The van der Waals surface area contributed by atoms with Crippen LogP contribution in [0.25, 0.3) is 67.6 Å². The summed E-state index contributed by atoms with van der Waals surface area (Å²) in [5.74, 6) is -3.47. The second-order valence-electron chi connectivity index (χ2n) is 29.6. The summed E-state index contributed by atoms with van der Waals surface area (Å²) in [5, 5.41) is 38.0. The van der Waals surface area contributed by atoms with E-state index < -0.39 is 11.9 Å². The Morgan fingerprint density at radius 3 is 0.909 bits per heavy atom. The van der Waals surface area contributed by atoms with Crippen molar-refractivity contribution in [2.45, 2.75) is 107 Å². The number of hydrogen-bond acceptors (Lipinski definition) is 21. The number of carboxylic acid groups (broad SMARTS) is 1. The quantitative estimate of drug-likeness (QED) is 0.0330. The fourth-order valence-electron chi connectivity index (χ4n) is 13.0. The van der Waals surface area contributed by atoms with Crippen molar-refractivity contribution in [1.82, 2.24) is 83.3 Å². The Morgan fingerprint density at radius 1 is 0.372 bits per heavy atom. The monoisotopic (exact) mass is 1650 g/mol. The van der Waals surface area contributed by atoms with Crippen molar-refractivity contribution in [2.24, 2.45) is 0 Å². The number of esters is 1. The molecule has 0 saturated carbocycles. The van der Waals surface area contributed by atoms with E-state index in [-0.39, 0.29) is 110 Å². The van der Waals surface area contributed by atoms with Crippen LogP contribution in [0.4, 0.5) is 22.7 Å². The number of aromatic nitrogens is 12. The normalized spacial score (nSPS) is 11.6. The van der Waals surface area contributed by atoms with Gasteiger partial charge in [-0.05, 0) is 150 Å². The molecule has 0 aliphatic carbocycles. The molecule has 9 heterocycles. The van der Waals surface area contributed by atoms with Crippen LogP contribution in [0.3, 0.4) is 0 Å². The Kier molecular flexibility index (Phi) is 27.9. The molecule has 628 valence electrons. The number of methoxy groups -OCH3 is 1. The van der Waals surface area contributed by atoms with Gasteiger partial charge in [-0.2, -0.15) is 20.4 Å². The third-order valence-corrected chi connectivity index (χ3v) is 19.3. The Hall–Kier alpha value is -14.8. The molecule has 5 N–H and O–H groups in total. The number of aliphatic carboxylic acids is 1. The fraction of sp³-hybridized carbons (Fsp3) is 0.302. The molecule has 35 heteroatoms. The van der Waals surface area contributed by atoms with Crippen molar-refractivity contribution in [3.63, 3.8) is 0 Å². The van der Waals surface area contributed by atoms with E-state index in [1.54, 1.807) is 136 Å². The largest absolute Gasteiger partial charge is 0.481 e. The van der Waals surface area contributed by atoms with Crippen LogP contribution < -0.4 is 26.2 Å². The lowest BCUT2D eigenvalue weighted by Gasteiger charge is -2.15. The minimum Gasteiger partial charge on any atom is -0.481 e. The zero-order chi connectivity index (χ0) is 88.3. The molecule has 1 aliphatic rings. The Morgan fingerprint density at radius 2 is 0.645 bits per heavy atom. The van der Waals surface area contributed by atoms with Crippen molar-refractivity contribution in [2.75, 3.05) is 91.4 Å². The molecule has 1 aliphatic heterocycles. The van der Waals surface area contributed by atoms with E-state index in [0.717, 1.165) is 73.0 Å². The minimum atomic E-state index is -1.01. The molecule has 1 fully saturated rings. The standard InChI is InChI=1S/C22H26N6O3.C22H25N5O4.C21H23N5O4.C21H21N5O3/c1-13-10-15(24-21(30)9-8-20(29)23-3)6-7-16(13)17-12-19-25-18(22(31)27(4)5)11-14(2)28(19)26-17;1-13-10-15(23-20(28)8-9-21(29)31-5)6-7-16(13)17-12-19-24-18(22(30)26(3)4)11-14(2)27(19)25-17;1-12-9-14(22-19(27)7-8-20(28)29)5-6-15(12)16-11-18-23-17(21(30)25(3)4)10-13(2)26(18)24-16;1-12-9-14(25-19(27)7-8-20(25)28)5-6-15(12)16-11-18-22-17(21(29)24(3)4)10-13(2)26(18)23-16/h6-7,10-12H,8-9H2,1-5H3,(H,23,29)(H,24,30);6-7,10-12H,8-9H2,1-5H3,(H,23,28);5-6,9-11H,7-8H2,1-4H3,(H,22,27)(H,28,29);5-6,9-11H,7-8H2,1-4H3. The molecule has 12 aromatic rings. The van der Waals surface area contributed by atoms with Gasteiger partial charge in [0.15, 0.2) is 22.6 Å². The molecule has 4 aromatic carbocycles. The van der Waals surface area contributed by atoms with E-state index in [2.05, 4.69) is 66.3 Å². The highest BCUT2D eigenvalue weighted by molar-refractivity contribution is 6.20. The van der Waals surface area contributed by atoms with Gasteiger partial charge in [0.2, 0.25) is 35.4 Å². The van der Waals surface area contributed by atoms with Crippen molar-refractivity contribution < 1.29 is 67.4 Å². The van der Waals surface area contributed by atoms with Crippen molar-refractivity contribution >= 4 is 116 Å². The zero-order valence-electron chi connectivity index (χ0n) is 70.6. The van der Waals surface area contributed by atoms with Gasteiger partial charge in [0.05, 0.1) is 48.4 Å². The number of carbonyl (C=O) groups is 12. The highest BCUT2D eigenvalue weighted by atomic mass is 16.5. The third-order valence-electron chi connectivity index (χ3n) is 19.3. The van der Waals surface area contributed by atoms with Crippen molar-refractivity contribution in [3.8, 4) is 45.0 Å². The van der Waals surface area contributed by atoms with Gasteiger partial charge in [0.25, 0.3) is 23.6 Å². The average Bonchev–Trinajstić information content (AvgIpc) is 1.66. The fourth-order valence-corrected chi connectivity index (χ4v) is 13.0. The number of ether oxygens (including phenoxy) is 1. The Balaban J connectivity index is 0.000000169. The van der Waals surface area contributed by atoms with Crippen LogP contribution in [0.5, 0.6) is 0 Å². The van der Waals surface area contributed by atoms with E-state index in [0.29, 0.717) is 85.2 Å². The molecule has 0 bridgehead atoms. The van der Waals surface area contributed by atoms with Crippen LogP contribution in [0.2, 0.25) is 0 Å². The number of nitrogens with zero attached hydrogens (tertiary/aromatic N) is 17. The maximum absolute atomic E-state index is 12.3. The molecule has 121 heavy (non-hydrogen) atoms. The number of hydrogen-bond donors (Lipinski definition) is 5. The highest BCUT2D eigenvalue weighted by Gasteiger charge is 2.31. The Labute approximate surface area is 696 Å². The highest BCUT2D eigenvalue weighted by Crippen LogP contribution is 2.33. The molecule has 8 aromatic heterocycles. The molecule has 13 rings (SSSR count). The number of fused-ring (bicyclic) bond motifs is 4. The van der Waals surface area contributed by atoms with Crippen LogP contribution in [-0.2, 0) is 43.1 Å². The first-order chi connectivity index (χ1) is 57.3. The molecule has 0 radical (unpaired) electrons. The lowest BCUT2D eigenvalue weighted by molar-refractivity contribution is -0.141. The first-order valence-corrected chi connectivity index (χ1v) is 38.3. The van der Waals surface area contributed by atoms with Gasteiger partial charge in [-0.15, -0.1) is 0 Å². The molecule has 0 spiro atoms. The van der Waals surface area contributed by atoms with E-state index in [4.69, 9.17) is 5.11 Å². The van der Waals surface area contributed by atoms with Crippen LogP contribution in [0.15, 0.2) is 121 Å². The zero-order valence-corrected chi connectivity index (χ0v) is 70.6. The lowest BCUT2D eigenvalue weighted by Crippen LogP contribution is -2.28. The number of carbonyl (C=O) groups excluding carboxylic acids is 11. The molecular formula is C86H95N21O14. The van der Waals surface area contributed by atoms with E-state index >= 15 is 0 Å². The van der Waals surface area contributed by atoms with Crippen LogP contribution in [0.1, 0.15) is 138 Å². The molecule has 10 amide bonds. The number of carboxylic acids is 1. The smallest absolute Gasteiger partial charge is 0.306 e. The van der Waals surface area contributed by atoms with E-state index in [1.165, 1.54) is 31.6 Å². The van der Waals surface area contributed by atoms with Crippen LogP contribution in [-0.4, -0.2) is 225 Å². The van der Waals surface area contributed by atoms with E-state index in [1.807, 2.05) is 122 Å². The van der Waals surface area contributed by atoms with Crippen molar-refractivity contribution in [1.29, 1.82) is 0 Å². The summed E-state index contributed by atoms with van der Waals surface area (Å²) in [6.07, 6.45) is 0.563. The summed E-state index contributed by atoms with van der Waals surface area (Å²) in [5.41, 5.74) is 19.4. The summed E-state index contributed by atoms with van der Waals surface area (Å²) < 4.78 is 11.3. The van der Waals surface area contributed by atoms with Crippen LogP contribution >= 0.6 is 0 Å². The molecule has 0 atom stereocenters. The SMILES string of the molecule is CNC(=O)CCC(=O)Nc1ccc(-c2cc3nc(C(=O)N(C)C)cc(C)n3n2)c(C)c1.COC(=O)CCC(=O)Nc1ccc(-c2cc3nc(C(=O)N(C)C)cc(C)n3n2)c(C)c1.Cc1cc(N2C(=O)CCC2=O)ccc1-c1cc2nc(C(=O)N(C)C)cc(C)n2n1.Cc1cc(NC(=O)CCC(=O)O)ccc1-c1cc2nc(C(=O)N(C)C)cc(C)n2n1. The predicted octanol–water partition coefficient (Wildman–Crippen LogP) is 9.67. The van der Waals surface area contributed by atoms with Gasteiger partial charge < -0.3 is 50.7 Å².